The maximum Gasteiger partial charge on any atom is 0.338 e. The first-order valence-electron chi connectivity index (χ1n) is 8.24. The third kappa shape index (κ3) is 6.33. The molecule has 1 aromatic rings. The van der Waals surface area contributed by atoms with E-state index in [0.29, 0.717) is 6.42 Å². The second kappa shape index (κ2) is 10.0. The number of amides is 1. The molecule has 0 radical (unpaired) electrons. The van der Waals surface area contributed by atoms with Crippen molar-refractivity contribution in [3.05, 3.63) is 29.8 Å². The van der Waals surface area contributed by atoms with Crippen LogP contribution in [0.3, 0.4) is 0 Å². The van der Waals surface area contributed by atoms with Gasteiger partial charge in [0.05, 0.1) is 17.6 Å². The van der Waals surface area contributed by atoms with Crippen molar-refractivity contribution in [3.63, 3.8) is 0 Å². The summed E-state index contributed by atoms with van der Waals surface area (Å²) in [5.74, 6) is -2.29. The van der Waals surface area contributed by atoms with E-state index in [9.17, 15) is 22.8 Å². The number of nitrogens with one attached hydrogen (secondary N) is 2. The Bertz CT molecular complexity index is 792. The summed E-state index contributed by atoms with van der Waals surface area (Å²) in [5, 5.41) is 2.47. The first-order valence-corrected chi connectivity index (χ1v) is 9.72. The highest BCUT2D eigenvalue weighted by Crippen LogP contribution is 2.12. The van der Waals surface area contributed by atoms with Gasteiger partial charge in [-0.3, -0.25) is 4.79 Å². The Balaban J connectivity index is 2.75. The lowest BCUT2D eigenvalue weighted by Gasteiger charge is -2.21. The minimum absolute atomic E-state index is 0.0226. The number of carbonyl (C=O) groups excluding carboxylic acids is 3. The summed E-state index contributed by atoms with van der Waals surface area (Å²) in [4.78, 5) is 35.7. The normalized spacial score (nSPS) is 13.3. The lowest BCUT2D eigenvalue weighted by Crippen LogP contribution is -2.47. The summed E-state index contributed by atoms with van der Waals surface area (Å²) >= 11 is 0. The van der Waals surface area contributed by atoms with Crippen LogP contribution in [0.25, 0.3) is 0 Å². The van der Waals surface area contributed by atoms with Crippen molar-refractivity contribution in [2.45, 2.75) is 31.2 Å². The summed E-state index contributed by atoms with van der Waals surface area (Å²) < 4.78 is 35.3. The molecule has 0 heterocycles. The summed E-state index contributed by atoms with van der Waals surface area (Å²) in [6, 6.07) is 4.36. The number of rotatable bonds is 9. The van der Waals surface area contributed by atoms with Gasteiger partial charge in [0, 0.05) is 0 Å². The molecule has 1 aromatic carbocycles. The fraction of sp³-hybridized carbons (Fsp3) is 0.471. The molecular formula is C17H24N2O7S. The maximum atomic E-state index is 12.1. The molecule has 0 aliphatic rings. The molecule has 10 heteroatoms. The van der Waals surface area contributed by atoms with Gasteiger partial charge >= 0.3 is 11.9 Å². The van der Waals surface area contributed by atoms with E-state index in [1.807, 2.05) is 6.92 Å². The average Bonchev–Trinajstić information content (AvgIpc) is 2.68. The number of carbonyl (C=O) groups is 3. The van der Waals surface area contributed by atoms with Crippen LogP contribution in [0.5, 0.6) is 0 Å². The van der Waals surface area contributed by atoms with E-state index in [2.05, 4.69) is 14.8 Å². The molecule has 0 spiro atoms. The number of esters is 2. The van der Waals surface area contributed by atoms with E-state index in [1.54, 1.807) is 6.92 Å². The molecule has 0 aromatic heterocycles. The number of benzene rings is 1. The van der Waals surface area contributed by atoms with E-state index < -0.39 is 40.5 Å². The van der Waals surface area contributed by atoms with Crippen LogP contribution in [-0.2, 0) is 29.1 Å². The van der Waals surface area contributed by atoms with Crippen LogP contribution in [0.2, 0.25) is 0 Å². The largest absolute Gasteiger partial charge is 0.467 e. The molecule has 2 N–H and O–H groups in total. The van der Waals surface area contributed by atoms with Gasteiger partial charge in [-0.25, -0.2) is 22.7 Å². The molecular weight excluding hydrogens is 376 g/mol. The lowest BCUT2D eigenvalue weighted by molar-refractivity contribution is -0.147. The molecule has 150 valence electrons. The monoisotopic (exact) mass is 400 g/mol. The molecule has 0 aliphatic carbocycles. The van der Waals surface area contributed by atoms with Gasteiger partial charge in [0.15, 0.2) is 6.61 Å². The van der Waals surface area contributed by atoms with E-state index in [1.165, 1.54) is 32.4 Å². The number of methoxy groups -OCH3 is 1. The quantitative estimate of drug-likeness (QED) is 0.576. The topological polar surface area (TPSA) is 128 Å². The smallest absolute Gasteiger partial charge is 0.338 e. The van der Waals surface area contributed by atoms with Gasteiger partial charge in [-0.05, 0) is 31.2 Å². The van der Waals surface area contributed by atoms with Crippen LogP contribution in [0.1, 0.15) is 30.6 Å². The Morgan fingerprint density at radius 3 is 2.44 bits per heavy atom. The zero-order chi connectivity index (χ0) is 20.6. The summed E-state index contributed by atoms with van der Waals surface area (Å²) in [5.41, 5.74) is -0.0226. The second-order valence-electron chi connectivity index (χ2n) is 5.77. The van der Waals surface area contributed by atoms with Crippen molar-refractivity contribution >= 4 is 27.9 Å². The highest BCUT2D eigenvalue weighted by molar-refractivity contribution is 7.89. The third-order valence-electron chi connectivity index (χ3n) is 3.97. The van der Waals surface area contributed by atoms with Gasteiger partial charge in [0.1, 0.15) is 6.04 Å². The molecule has 1 amide bonds. The number of sulfonamides is 1. The van der Waals surface area contributed by atoms with Crippen LogP contribution in [-0.4, -0.2) is 53.1 Å². The van der Waals surface area contributed by atoms with Gasteiger partial charge in [0.2, 0.25) is 10.0 Å². The van der Waals surface area contributed by atoms with E-state index >= 15 is 0 Å². The second-order valence-corrected chi connectivity index (χ2v) is 7.65. The summed E-state index contributed by atoms with van der Waals surface area (Å²) in [6.07, 6.45) is 0.632. The SMILES string of the molecule is CC[C@@H](C)[C@H](NC(=O)COC(=O)c1cccc(S(=O)(=O)NC)c1)C(=O)OC. The molecule has 0 aliphatic heterocycles. The van der Waals surface area contributed by atoms with Crippen molar-refractivity contribution in [1.82, 2.24) is 10.0 Å². The summed E-state index contributed by atoms with van der Waals surface area (Å²) in [6.45, 7) is 3.02. The standard InChI is InChI=1S/C17H24N2O7S/c1-5-11(2)15(17(22)25-4)19-14(20)10-26-16(21)12-7-6-8-13(9-12)27(23,24)18-3/h6-9,11,15,18H,5,10H2,1-4H3,(H,19,20)/t11-,15+/m1/s1. The minimum Gasteiger partial charge on any atom is -0.467 e. The third-order valence-corrected chi connectivity index (χ3v) is 5.38. The Kier molecular flexibility index (Phi) is 8.38. The van der Waals surface area contributed by atoms with Crippen LogP contribution in [0.4, 0.5) is 0 Å². The van der Waals surface area contributed by atoms with Crippen molar-refractivity contribution in [1.29, 1.82) is 0 Å². The molecule has 0 unspecified atom stereocenters. The first-order chi connectivity index (χ1) is 12.7. The Morgan fingerprint density at radius 1 is 1.22 bits per heavy atom. The van der Waals surface area contributed by atoms with Gasteiger partial charge in [-0.2, -0.15) is 0 Å². The van der Waals surface area contributed by atoms with Gasteiger partial charge in [0.25, 0.3) is 5.91 Å². The Labute approximate surface area is 158 Å². The number of hydrogen-bond acceptors (Lipinski definition) is 7. The van der Waals surface area contributed by atoms with E-state index in [4.69, 9.17) is 4.74 Å². The highest BCUT2D eigenvalue weighted by Gasteiger charge is 2.27. The van der Waals surface area contributed by atoms with Crippen LogP contribution in [0, 0.1) is 5.92 Å². The van der Waals surface area contributed by atoms with Crippen molar-refractivity contribution in [2.24, 2.45) is 5.92 Å². The van der Waals surface area contributed by atoms with Gasteiger partial charge in [-0.15, -0.1) is 0 Å². The van der Waals surface area contributed by atoms with Gasteiger partial charge < -0.3 is 14.8 Å². The Morgan fingerprint density at radius 2 is 1.89 bits per heavy atom. The van der Waals surface area contributed by atoms with Crippen molar-refractivity contribution in [2.75, 3.05) is 20.8 Å². The molecule has 1 rings (SSSR count). The average molecular weight is 400 g/mol. The van der Waals surface area contributed by atoms with E-state index in [-0.39, 0.29) is 16.4 Å². The predicted octanol–water partition coefficient (Wildman–Crippen LogP) is 0.455. The van der Waals surface area contributed by atoms with Crippen molar-refractivity contribution < 1.29 is 32.3 Å². The predicted molar refractivity (Wildman–Crippen MR) is 96.4 cm³/mol. The van der Waals surface area contributed by atoms with Crippen molar-refractivity contribution in [3.8, 4) is 0 Å². The number of hydrogen-bond donors (Lipinski definition) is 2. The Hall–Kier alpha value is -2.46. The lowest BCUT2D eigenvalue weighted by atomic mass is 9.99. The first kappa shape index (κ1) is 22.6. The molecule has 9 nitrogen and oxygen atoms in total. The molecule has 27 heavy (non-hydrogen) atoms. The fourth-order valence-electron chi connectivity index (χ4n) is 2.13. The zero-order valence-corrected chi connectivity index (χ0v) is 16.5. The maximum absolute atomic E-state index is 12.1. The number of ether oxygens (including phenoxy) is 2. The highest BCUT2D eigenvalue weighted by atomic mass is 32.2. The van der Waals surface area contributed by atoms with E-state index in [0.717, 1.165) is 6.07 Å². The fourth-order valence-corrected chi connectivity index (χ4v) is 2.91. The summed E-state index contributed by atoms with van der Waals surface area (Å²) in [7, 11) is -1.25. The van der Waals surface area contributed by atoms with Crippen LogP contribution >= 0.6 is 0 Å². The molecule has 2 atom stereocenters. The van der Waals surface area contributed by atoms with Crippen LogP contribution in [0.15, 0.2) is 29.2 Å². The molecule has 0 saturated heterocycles. The molecule has 0 fully saturated rings. The van der Waals surface area contributed by atoms with Crippen LogP contribution < -0.4 is 10.0 Å². The minimum atomic E-state index is -3.71. The molecule has 0 bridgehead atoms. The van der Waals surface area contributed by atoms with Gasteiger partial charge in [-0.1, -0.05) is 26.3 Å². The zero-order valence-electron chi connectivity index (χ0n) is 15.6. The molecule has 0 saturated carbocycles.